The molecule has 27 heavy (non-hydrogen) atoms. The Bertz CT molecular complexity index is 821. The van der Waals surface area contributed by atoms with E-state index in [9.17, 15) is 9.18 Å². The third kappa shape index (κ3) is 3.56. The molecule has 142 valence electrons. The molecular weight excluding hydrogens is 343 g/mol. The Balaban J connectivity index is 1.47. The molecule has 2 unspecified atom stereocenters. The minimum absolute atomic E-state index is 0.0470. The van der Waals surface area contributed by atoms with Gasteiger partial charge in [0, 0.05) is 31.2 Å². The van der Waals surface area contributed by atoms with Gasteiger partial charge in [-0.25, -0.2) is 9.18 Å². The molecule has 2 fully saturated rings. The summed E-state index contributed by atoms with van der Waals surface area (Å²) in [5, 5.41) is 2.82. The fourth-order valence-electron chi connectivity index (χ4n) is 4.70. The quantitative estimate of drug-likeness (QED) is 0.789. The molecule has 2 saturated heterocycles. The molecule has 0 aromatic heterocycles. The number of benzene rings is 2. The number of nitrogens with one attached hydrogen (secondary N) is 1. The number of carbonyl (C=O) groups is 1. The maximum atomic E-state index is 13.8. The molecule has 1 amide bonds. The Hall–Kier alpha value is -2.40. The first kappa shape index (κ1) is 18.0. The van der Waals surface area contributed by atoms with Crippen molar-refractivity contribution in [3.63, 3.8) is 0 Å². The molecule has 5 heteroatoms. The van der Waals surface area contributed by atoms with Gasteiger partial charge in [-0.3, -0.25) is 5.32 Å². The number of fused-ring (bicyclic) bond motifs is 2. The summed E-state index contributed by atoms with van der Waals surface area (Å²) in [5.74, 6) is -0.336. The van der Waals surface area contributed by atoms with Crippen LogP contribution in [0.3, 0.4) is 0 Å². The lowest BCUT2D eigenvalue weighted by molar-refractivity contribution is -0.931. The maximum Gasteiger partial charge on any atom is 0.411 e. The Morgan fingerprint density at radius 2 is 1.74 bits per heavy atom. The van der Waals surface area contributed by atoms with E-state index in [1.54, 1.807) is 6.07 Å². The van der Waals surface area contributed by atoms with E-state index in [4.69, 9.17) is 4.74 Å². The highest BCUT2D eigenvalue weighted by atomic mass is 19.1. The lowest BCUT2D eigenvalue weighted by Gasteiger charge is -2.43. The van der Waals surface area contributed by atoms with Crippen molar-refractivity contribution in [2.45, 2.75) is 43.9 Å². The van der Waals surface area contributed by atoms with E-state index < -0.39 is 6.09 Å². The van der Waals surface area contributed by atoms with Crippen molar-refractivity contribution in [1.82, 2.24) is 0 Å². The van der Waals surface area contributed by atoms with Crippen molar-refractivity contribution in [3.05, 3.63) is 54.3 Å². The van der Waals surface area contributed by atoms with E-state index in [0.717, 1.165) is 22.9 Å². The highest BCUT2D eigenvalue weighted by molar-refractivity contribution is 5.91. The second kappa shape index (κ2) is 6.97. The van der Waals surface area contributed by atoms with Crippen LogP contribution in [-0.4, -0.2) is 42.9 Å². The number of amides is 1. The van der Waals surface area contributed by atoms with Crippen LogP contribution < -0.4 is 5.32 Å². The van der Waals surface area contributed by atoms with Crippen LogP contribution in [0, 0.1) is 5.82 Å². The van der Waals surface area contributed by atoms with Gasteiger partial charge in [-0.2, -0.15) is 0 Å². The van der Waals surface area contributed by atoms with Gasteiger partial charge in [0.1, 0.15) is 11.9 Å². The predicted molar refractivity (Wildman–Crippen MR) is 104 cm³/mol. The topological polar surface area (TPSA) is 38.3 Å². The second-order valence-corrected chi connectivity index (χ2v) is 8.19. The van der Waals surface area contributed by atoms with Gasteiger partial charge < -0.3 is 9.22 Å². The molecule has 4 nitrogen and oxygen atoms in total. The highest BCUT2D eigenvalue weighted by Crippen LogP contribution is 2.40. The number of nitrogens with zero attached hydrogens (tertiary/aromatic N) is 1. The van der Waals surface area contributed by atoms with Crippen molar-refractivity contribution < 1.29 is 18.4 Å². The summed E-state index contributed by atoms with van der Waals surface area (Å²) < 4.78 is 20.5. The van der Waals surface area contributed by atoms with Gasteiger partial charge >= 0.3 is 6.09 Å². The van der Waals surface area contributed by atoms with Gasteiger partial charge in [0.05, 0.1) is 31.9 Å². The summed E-state index contributed by atoms with van der Waals surface area (Å²) >= 11 is 0. The largest absolute Gasteiger partial charge is 0.445 e. The fourth-order valence-corrected chi connectivity index (χ4v) is 4.70. The van der Waals surface area contributed by atoms with Crippen molar-refractivity contribution in [2.24, 2.45) is 0 Å². The molecule has 2 aromatic rings. The molecule has 2 heterocycles. The van der Waals surface area contributed by atoms with E-state index in [-0.39, 0.29) is 11.9 Å². The monoisotopic (exact) mass is 369 g/mol. The summed E-state index contributed by atoms with van der Waals surface area (Å²) in [6, 6.07) is 15.0. The Kier molecular flexibility index (Phi) is 4.64. The van der Waals surface area contributed by atoms with Gasteiger partial charge in [0.25, 0.3) is 0 Å². The number of hydrogen-bond donors (Lipinski definition) is 1. The van der Waals surface area contributed by atoms with Crippen LogP contribution in [-0.2, 0) is 4.74 Å². The first-order valence-electron chi connectivity index (χ1n) is 9.59. The van der Waals surface area contributed by atoms with Gasteiger partial charge in [-0.1, -0.05) is 30.3 Å². The standard InChI is InChI=1S/C22H25FN2O2/c1-25(2)17-9-10-18(25)14-19(13-17)27-22(26)24-21-11-8-16(23)12-20(21)15-6-4-3-5-7-15/h3-8,11-12,17-19H,9-10,13-14H2,1-2H3/p+1. The van der Waals surface area contributed by atoms with Gasteiger partial charge in [-0.05, 0) is 23.8 Å². The molecule has 0 aliphatic carbocycles. The predicted octanol–water partition coefficient (Wildman–Crippen LogP) is 4.81. The number of halogens is 1. The zero-order chi connectivity index (χ0) is 19.0. The lowest BCUT2D eigenvalue weighted by Crippen LogP contribution is -2.56. The number of carbonyl (C=O) groups excluding carboxylic acids is 1. The number of quaternary nitrogens is 1. The average molecular weight is 369 g/mol. The summed E-state index contributed by atoms with van der Waals surface area (Å²) in [6.45, 7) is 0. The molecule has 2 atom stereocenters. The first-order valence-corrected chi connectivity index (χ1v) is 9.59. The molecule has 0 spiro atoms. The maximum absolute atomic E-state index is 13.8. The zero-order valence-corrected chi connectivity index (χ0v) is 15.8. The molecular formula is C22H26FN2O2+. The van der Waals surface area contributed by atoms with E-state index in [0.29, 0.717) is 23.3 Å². The van der Waals surface area contributed by atoms with E-state index >= 15 is 0 Å². The van der Waals surface area contributed by atoms with Crippen LogP contribution in [0.4, 0.5) is 14.9 Å². The summed E-state index contributed by atoms with van der Waals surface area (Å²) in [6.07, 6.45) is 3.71. The number of hydrogen-bond acceptors (Lipinski definition) is 2. The Morgan fingerprint density at radius 3 is 2.41 bits per heavy atom. The molecule has 2 bridgehead atoms. The van der Waals surface area contributed by atoms with Gasteiger partial charge in [0.2, 0.25) is 0 Å². The Labute approximate surface area is 159 Å². The van der Waals surface area contributed by atoms with Crippen LogP contribution in [0.2, 0.25) is 0 Å². The SMILES string of the molecule is C[N+]1(C)C2CCC1CC(OC(=O)Nc1ccc(F)cc1-c1ccccc1)C2. The fraction of sp³-hybridized carbons (Fsp3) is 0.409. The number of piperidine rings is 1. The third-order valence-electron chi connectivity index (χ3n) is 6.36. The Morgan fingerprint density at radius 1 is 1.07 bits per heavy atom. The van der Waals surface area contributed by atoms with Crippen molar-refractivity contribution in [3.8, 4) is 11.1 Å². The summed E-state index contributed by atoms with van der Waals surface area (Å²) in [7, 11) is 4.56. The molecule has 2 aliphatic heterocycles. The lowest BCUT2D eigenvalue weighted by atomic mass is 9.98. The van der Waals surface area contributed by atoms with Gasteiger partial charge in [-0.15, -0.1) is 0 Å². The van der Waals surface area contributed by atoms with E-state index in [2.05, 4.69) is 19.4 Å². The normalized spacial score (nSPS) is 25.8. The molecule has 2 aliphatic rings. The highest BCUT2D eigenvalue weighted by Gasteiger charge is 2.49. The minimum atomic E-state index is -0.463. The van der Waals surface area contributed by atoms with Crippen LogP contribution in [0.1, 0.15) is 25.7 Å². The first-order chi connectivity index (χ1) is 12.9. The molecule has 4 rings (SSSR count). The van der Waals surface area contributed by atoms with Crippen molar-refractivity contribution in [1.29, 1.82) is 0 Å². The van der Waals surface area contributed by atoms with E-state index in [1.807, 2.05) is 30.3 Å². The summed E-state index contributed by atoms with van der Waals surface area (Å²) in [4.78, 5) is 12.5. The smallest absolute Gasteiger partial charge is 0.411 e. The molecule has 2 aromatic carbocycles. The van der Waals surface area contributed by atoms with Crippen LogP contribution in [0.15, 0.2) is 48.5 Å². The zero-order valence-electron chi connectivity index (χ0n) is 15.8. The third-order valence-corrected chi connectivity index (χ3v) is 6.36. The number of anilines is 1. The van der Waals surface area contributed by atoms with Crippen LogP contribution in [0.5, 0.6) is 0 Å². The number of ether oxygens (including phenoxy) is 1. The minimum Gasteiger partial charge on any atom is -0.445 e. The average Bonchev–Trinajstić information content (AvgIpc) is 2.81. The van der Waals surface area contributed by atoms with Crippen LogP contribution in [0.25, 0.3) is 11.1 Å². The molecule has 1 N–H and O–H groups in total. The van der Waals surface area contributed by atoms with E-state index in [1.165, 1.54) is 25.0 Å². The van der Waals surface area contributed by atoms with Crippen LogP contribution >= 0.6 is 0 Å². The van der Waals surface area contributed by atoms with Gasteiger partial charge in [0.15, 0.2) is 0 Å². The van der Waals surface area contributed by atoms with Crippen molar-refractivity contribution >= 4 is 11.8 Å². The van der Waals surface area contributed by atoms with Crippen molar-refractivity contribution in [2.75, 3.05) is 19.4 Å². The summed E-state index contributed by atoms with van der Waals surface area (Å²) in [5.41, 5.74) is 2.05. The molecule has 0 radical (unpaired) electrons. The second-order valence-electron chi connectivity index (χ2n) is 8.19. The number of rotatable bonds is 3. The molecule has 0 saturated carbocycles.